The highest BCUT2D eigenvalue weighted by atomic mass is 19.3. The largest absolute Gasteiger partial charge is 0.364 e. The van der Waals surface area contributed by atoms with E-state index in [-0.39, 0.29) is 24.2 Å². The minimum Gasteiger partial charge on any atom is -0.364 e. The van der Waals surface area contributed by atoms with Crippen LogP contribution >= 0.6 is 0 Å². The molecule has 0 aliphatic carbocycles. The second kappa shape index (κ2) is 9.28. The molecule has 36 heavy (non-hydrogen) atoms. The molecule has 9 nitrogen and oxygen atoms in total. The van der Waals surface area contributed by atoms with Gasteiger partial charge >= 0.3 is 0 Å². The fourth-order valence-corrected chi connectivity index (χ4v) is 5.13. The highest BCUT2D eigenvalue weighted by Gasteiger charge is 2.39. The van der Waals surface area contributed by atoms with Crippen molar-refractivity contribution in [1.29, 1.82) is 5.26 Å². The van der Waals surface area contributed by atoms with E-state index in [4.69, 9.17) is 5.26 Å². The van der Waals surface area contributed by atoms with Crippen LogP contribution in [0, 0.1) is 11.3 Å². The summed E-state index contributed by atoms with van der Waals surface area (Å²) >= 11 is 0. The maximum absolute atomic E-state index is 14.5. The van der Waals surface area contributed by atoms with Gasteiger partial charge in [0.1, 0.15) is 12.1 Å². The first kappa shape index (κ1) is 23.8. The highest BCUT2D eigenvalue weighted by Crippen LogP contribution is 2.35. The first-order valence-corrected chi connectivity index (χ1v) is 11.7. The molecule has 3 atom stereocenters. The van der Waals surface area contributed by atoms with E-state index in [1.807, 2.05) is 18.7 Å². The van der Waals surface area contributed by atoms with E-state index in [1.54, 1.807) is 43.8 Å². The third kappa shape index (κ3) is 4.07. The number of hydrogen-bond donors (Lipinski definition) is 0. The lowest BCUT2D eigenvalue weighted by Gasteiger charge is -2.48. The minimum atomic E-state index is -2.60. The quantitative estimate of drug-likeness (QED) is 0.422. The Kier molecular flexibility index (Phi) is 6.14. The molecule has 0 radical (unpaired) electrons. The molecule has 5 rings (SSSR count). The Morgan fingerprint density at radius 3 is 2.58 bits per heavy atom. The number of aryl methyl sites for hydroxylation is 1. The molecule has 1 unspecified atom stereocenters. The molecule has 186 valence electrons. The second-order valence-electron chi connectivity index (χ2n) is 9.28. The van der Waals surface area contributed by atoms with Crippen LogP contribution in [-0.2, 0) is 13.6 Å². The molecule has 4 heterocycles. The topological polar surface area (TPSA) is 95.9 Å². The van der Waals surface area contributed by atoms with Crippen LogP contribution in [0.4, 0.5) is 14.5 Å². The van der Waals surface area contributed by atoms with Crippen LogP contribution < -0.4 is 10.5 Å². The fourth-order valence-electron chi connectivity index (χ4n) is 5.13. The molecule has 4 aromatic rings. The van der Waals surface area contributed by atoms with E-state index in [9.17, 15) is 13.6 Å². The molecule has 0 N–H and O–H groups in total. The normalized spacial score (nSPS) is 19.8. The van der Waals surface area contributed by atoms with Crippen LogP contribution in [0.25, 0.3) is 22.1 Å². The zero-order valence-corrected chi connectivity index (χ0v) is 20.2. The number of fused-ring (bicyclic) bond motifs is 2. The Bertz CT molecular complexity index is 1520. The van der Waals surface area contributed by atoms with Gasteiger partial charge in [-0.2, -0.15) is 10.4 Å². The summed E-state index contributed by atoms with van der Waals surface area (Å²) in [5.41, 5.74) is 3.42. The molecular formula is C25H26F2N8O. The maximum Gasteiger partial charge on any atom is 0.258 e. The van der Waals surface area contributed by atoms with Gasteiger partial charge in [-0.05, 0) is 31.5 Å². The monoisotopic (exact) mass is 492 g/mol. The molecule has 0 bridgehead atoms. The van der Waals surface area contributed by atoms with Crippen LogP contribution in [0.1, 0.15) is 25.5 Å². The number of hydrogen-bond acceptors (Lipinski definition) is 7. The molecule has 1 aliphatic rings. The lowest BCUT2D eigenvalue weighted by atomic mass is 9.98. The van der Waals surface area contributed by atoms with Crippen molar-refractivity contribution in [2.75, 3.05) is 18.0 Å². The molecular weight excluding hydrogens is 466 g/mol. The van der Waals surface area contributed by atoms with Crippen LogP contribution in [0.3, 0.4) is 0 Å². The minimum absolute atomic E-state index is 0.0637. The molecule has 1 aliphatic heterocycles. The van der Waals surface area contributed by atoms with Crippen molar-refractivity contribution in [2.24, 2.45) is 7.05 Å². The Balaban J connectivity index is 1.49. The van der Waals surface area contributed by atoms with Crippen molar-refractivity contribution in [1.82, 2.24) is 29.2 Å². The van der Waals surface area contributed by atoms with E-state index >= 15 is 0 Å². The summed E-state index contributed by atoms with van der Waals surface area (Å²) in [4.78, 5) is 25.1. The van der Waals surface area contributed by atoms with E-state index in [0.29, 0.717) is 46.4 Å². The summed E-state index contributed by atoms with van der Waals surface area (Å²) in [5, 5.41) is 13.6. The lowest BCUT2D eigenvalue weighted by molar-refractivity contribution is -0.00574. The van der Waals surface area contributed by atoms with Gasteiger partial charge in [0.25, 0.3) is 12.0 Å². The first-order valence-electron chi connectivity index (χ1n) is 11.7. The summed E-state index contributed by atoms with van der Waals surface area (Å²) < 4.78 is 32.0. The van der Waals surface area contributed by atoms with Gasteiger partial charge in [-0.15, -0.1) is 0 Å². The fraction of sp³-hybridized carbons (Fsp3) is 0.400. The zero-order valence-electron chi connectivity index (χ0n) is 20.2. The van der Waals surface area contributed by atoms with Gasteiger partial charge in [-0.1, -0.05) is 6.07 Å². The number of pyridine rings is 1. The van der Waals surface area contributed by atoms with Gasteiger partial charge in [-0.25, -0.2) is 8.78 Å². The van der Waals surface area contributed by atoms with Crippen molar-refractivity contribution in [2.45, 2.75) is 44.9 Å². The molecule has 1 fully saturated rings. The average molecular weight is 493 g/mol. The van der Waals surface area contributed by atoms with Gasteiger partial charge in [0, 0.05) is 50.7 Å². The maximum atomic E-state index is 14.5. The predicted octanol–water partition coefficient (Wildman–Crippen LogP) is 3.11. The Labute approximate surface area is 206 Å². The zero-order chi connectivity index (χ0) is 25.6. The molecule has 0 amide bonds. The van der Waals surface area contributed by atoms with E-state index in [0.717, 1.165) is 0 Å². The Morgan fingerprint density at radius 1 is 1.11 bits per heavy atom. The van der Waals surface area contributed by atoms with Gasteiger partial charge in [0.15, 0.2) is 0 Å². The third-order valence-electron chi connectivity index (χ3n) is 6.94. The van der Waals surface area contributed by atoms with Crippen molar-refractivity contribution in [3.63, 3.8) is 0 Å². The van der Waals surface area contributed by atoms with Gasteiger partial charge < -0.3 is 9.47 Å². The SMILES string of the molecule is C[C@@H]1CN(c2cc(=O)n(C)c3cn(CC#N)nc23)[C@@H](C)CN1C(c1ccc2nccnc2c1)C(F)F. The molecule has 1 aromatic carbocycles. The highest BCUT2D eigenvalue weighted by molar-refractivity contribution is 5.88. The third-order valence-corrected chi connectivity index (χ3v) is 6.94. The number of benzene rings is 1. The van der Waals surface area contributed by atoms with Crippen molar-refractivity contribution in [3.8, 4) is 6.07 Å². The summed E-state index contributed by atoms with van der Waals surface area (Å²) in [6.45, 7) is 4.74. The van der Waals surface area contributed by atoms with Crippen molar-refractivity contribution < 1.29 is 8.78 Å². The number of alkyl halides is 2. The van der Waals surface area contributed by atoms with Crippen LogP contribution in [0.2, 0.25) is 0 Å². The Hall–Kier alpha value is -3.91. The van der Waals surface area contributed by atoms with Gasteiger partial charge in [0.05, 0.1) is 40.5 Å². The number of rotatable bonds is 5. The average Bonchev–Trinajstić information content (AvgIpc) is 3.28. The standard InChI is InChI=1S/C25H26F2N8O/c1-15-13-35(24(25(26)27)17-4-5-18-19(10-17)30-8-7-29-18)16(2)12-34(15)20-11-22(36)32(3)21-14-33(9-6-28)31-23(20)21/h4-5,7-8,10-11,14-16,24-25H,9,12-13H2,1-3H3/t15-,16+,24?/m0/s1. The van der Waals surface area contributed by atoms with Crippen LogP contribution in [-0.4, -0.2) is 60.8 Å². The van der Waals surface area contributed by atoms with Gasteiger partial charge in [0.2, 0.25) is 0 Å². The van der Waals surface area contributed by atoms with E-state index in [2.05, 4.69) is 26.0 Å². The molecule has 0 spiro atoms. The van der Waals surface area contributed by atoms with E-state index < -0.39 is 12.5 Å². The summed E-state index contributed by atoms with van der Waals surface area (Å²) in [5.74, 6) is 0. The van der Waals surface area contributed by atoms with Crippen LogP contribution in [0.5, 0.6) is 0 Å². The van der Waals surface area contributed by atoms with Crippen LogP contribution in [0.15, 0.2) is 47.7 Å². The molecule has 0 saturated carbocycles. The lowest BCUT2D eigenvalue weighted by Crippen LogP contribution is -2.58. The predicted molar refractivity (Wildman–Crippen MR) is 132 cm³/mol. The number of nitrogens with zero attached hydrogens (tertiary/aromatic N) is 8. The molecule has 11 heteroatoms. The van der Waals surface area contributed by atoms with Crippen molar-refractivity contribution >= 4 is 27.8 Å². The number of anilines is 1. The van der Waals surface area contributed by atoms with Crippen molar-refractivity contribution in [3.05, 3.63) is 58.8 Å². The van der Waals surface area contributed by atoms with E-state index in [1.165, 1.54) is 15.3 Å². The number of aromatic nitrogens is 5. The number of halogens is 2. The Morgan fingerprint density at radius 2 is 1.86 bits per heavy atom. The summed E-state index contributed by atoms with van der Waals surface area (Å²) in [7, 11) is 1.66. The van der Waals surface area contributed by atoms with Gasteiger partial charge in [-0.3, -0.25) is 24.3 Å². The number of piperazine rings is 1. The summed E-state index contributed by atoms with van der Waals surface area (Å²) in [6, 6.07) is 7.21. The number of nitriles is 1. The molecule has 3 aromatic heterocycles. The second-order valence-corrected chi connectivity index (χ2v) is 9.28. The smallest absolute Gasteiger partial charge is 0.258 e. The summed E-state index contributed by atoms with van der Waals surface area (Å²) in [6.07, 6.45) is 2.21. The first-order chi connectivity index (χ1) is 17.3. The molecule has 1 saturated heterocycles.